The topological polar surface area (TPSA) is 29.5 Å². The zero-order chi connectivity index (χ0) is 22.4. The molecule has 0 spiro atoms. The molecule has 0 radical (unpaired) electrons. The van der Waals surface area contributed by atoms with E-state index in [1.807, 2.05) is 36.4 Å². The second-order valence-electron chi connectivity index (χ2n) is 10.9. The largest absolute Gasteiger partial charge is 0.489 e. The zero-order valence-electron chi connectivity index (χ0n) is 19.5. The normalized spacial score (nSPS) is 30.8. The van der Waals surface area contributed by atoms with Crippen molar-refractivity contribution in [3.05, 3.63) is 101 Å². The first-order valence-corrected chi connectivity index (χ1v) is 12.7. The van der Waals surface area contributed by atoms with Crippen molar-refractivity contribution in [3.63, 3.8) is 0 Å². The number of hydrogen-bond donors (Lipinski definition) is 1. The molecule has 7 rings (SSSR count). The van der Waals surface area contributed by atoms with Gasteiger partial charge in [-0.25, -0.2) is 0 Å². The summed E-state index contributed by atoms with van der Waals surface area (Å²) in [5.74, 6) is 4.33. The lowest BCUT2D eigenvalue weighted by atomic mass is 9.44. The minimum absolute atomic E-state index is 0.162. The molecule has 170 valence electrons. The third kappa shape index (κ3) is 3.69. The molecule has 4 saturated carbocycles. The number of rotatable bonds is 6. The molecule has 1 atom stereocenters. The molecule has 0 heterocycles. The Bertz CT molecular complexity index is 1080. The Balaban J connectivity index is 1.38. The third-order valence-electron chi connectivity index (χ3n) is 9.09. The zero-order valence-corrected chi connectivity index (χ0v) is 19.5. The first-order valence-electron chi connectivity index (χ1n) is 12.7. The molecule has 1 unspecified atom stereocenters. The summed E-state index contributed by atoms with van der Waals surface area (Å²) in [7, 11) is 0. The van der Waals surface area contributed by atoms with Gasteiger partial charge in [-0.15, -0.1) is 0 Å². The Labute approximate surface area is 197 Å². The van der Waals surface area contributed by atoms with Gasteiger partial charge < -0.3 is 9.84 Å². The van der Waals surface area contributed by atoms with Crippen molar-refractivity contribution in [3.8, 4) is 5.75 Å². The van der Waals surface area contributed by atoms with Crippen LogP contribution in [0.1, 0.15) is 67.4 Å². The molecule has 4 bridgehead atoms. The molecule has 0 amide bonds. The quantitative estimate of drug-likeness (QED) is 0.446. The molecule has 0 aromatic heterocycles. The highest BCUT2D eigenvalue weighted by atomic mass is 16.5. The van der Waals surface area contributed by atoms with E-state index in [2.05, 4.69) is 49.4 Å². The SMILES string of the molecule is CC1(c2ccc(C(O)c3ccccc3)cc2OCc2ccccc2)C2CC3CC(C2)CC1C3. The van der Waals surface area contributed by atoms with Crippen molar-refractivity contribution in [2.75, 3.05) is 0 Å². The van der Waals surface area contributed by atoms with Crippen LogP contribution in [0.25, 0.3) is 0 Å². The van der Waals surface area contributed by atoms with Crippen LogP contribution < -0.4 is 4.74 Å². The molecule has 2 nitrogen and oxygen atoms in total. The number of aliphatic hydroxyl groups excluding tert-OH is 1. The van der Waals surface area contributed by atoms with Crippen LogP contribution in [0, 0.1) is 23.7 Å². The fraction of sp³-hybridized carbons (Fsp3) is 0.419. The van der Waals surface area contributed by atoms with E-state index in [1.165, 1.54) is 43.2 Å². The smallest absolute Gasteiger partial charge is 0.123 e. The first kappa shape index (κ1) is 21.0. The summed E-state index contributed by atoms with van der Waals surface area (Å²) in [6.07, 6.45) is 6.30. The van der Waals surface area contributed by atoms with Crippen LogP contribution in [-0.4, -0.2) is 5.11 Å². The first-order chi connectivity index (χ1) is 16.1. The summed E-state index contributed by atoms with van der Waals surface area (Å²) in [6, 6.07) is 26.9. The number of benzene rings is 3. The lowest BCUT2D eigenvalue weighted by Crippen LogP contribution is -2.54. The molecule has 0 aliphatic heterocycles. The molecule has 4 aliphatic rings. The Hall–Kier alpha value is -2.58. The average molecular weight is 439 g/mol. The number of ether oxygens (including phenoxy) is 1. The summed E-state index contributed by atoms with van der Waals surface area (Å²) in [4.78, 5) is 0. The Kier molecular flexibility index (Phi) is 5.30. The van der Waals surface area contributed by atoms with Crippen LogP contribution in [0.4, 0.5) is 0 Å². The maximum atomic E-state index is 11.1. The fourth-order valence-electron chi connectivity index (χ4n) is 7.44. The lowest BCUT2D eigenvalue weighted by Gasteiger charge is -2.60. The van der Waals surface area contributed by atoms with E-state index >= 15 is 0 Å². The van der Waals surface area contributed by atoms with E-state index in [0.29, 0.717) is 6.61 Å². The second-order valence-corrected chi connectivity index (χ2v) is 10.9. The Morgan fingerprint density at radius 1 is 0.788 bits per heavy atom. The maximum Gasteiger partial charge on any atom is 0.123 e. The number of aliphatic hydroxyl groups is 1. The standard InChI is InChI=1S/C31H34O2/c1-31(26-15-22-14-23(17-26)18-27(31)16-22)28-13-12-25(30(32)24-10-6-3-7-11-24)19-29(28)33-20-21-8-4-2-5-9-21/h2-13,19,22-23,26-27,30,32H,14-18,20H2,1H3. The van der Waals surface area contributed by atoms with Gasteiger partial charge in [0.2, 0.25) is 0 Å². The van der Waals surface area contributed by atoms with Crippen molar-refractivity contribution >= 4 is 0 Å². The third-order valence-corrected chi connectivity index (χ3v) is 9.09. The van der Waals surface area contributed by atoms with E-state index in [0.717, 1.165) is 40.5 Å². The lowest BCUT2D eigenvalue weighted by molar-refractivity contribution is -0.0533. The van der Waals surface area contributed by atoms with E-state index < -0.39 is 6.10 Å². The molecule has 33 heavy (non-hydrogen) atoms. The van der Waals surface area contributed by atoms with Gasteiger partial charge >= 0.3 is 0 Å². The molecule has 4 fully saturated rings. The van der Waals surface area contributed by atoms with Crippen molar-refractivity contribution in [1.82, 2.24) is 0 Å². The van der Waals surface area contributed by atoms with Gasteiger partial charge in [-0.2, -0.15) is 0 Å². The highest BCUT2D eigenvalue weighted by molar-refractivity contribution is 5.46. The minimum Gasteiger partial charge on any atom is -0.489 e. The van der Waals surface area contributed by atoms with Crippen LogP contribution in [0.2, 0.25) is 0 Å². The van der Waals surface area contributed by atoms with Crippen LogP contribution >= 0.6 is 0 Å². The predicted molar refractivity (Wildman–Crippen MR) is 132 cm³/mol. The second kappa shape index (κ2) is 8.33. The molecular weight excluding hydrogens is 404 g/mol. The molecule has 0 saturated heterocycles. The van der Waals surface area contributed by atoms with Crippen molar-refractivity contribution in [1.29, 1.82) is 0 Å². The Morgan fingerprint density at radius 2 is 1.39 bits per heavy atom. The van der Waals surface area contributed by atoms with Crippen molar-refractivity contribution in [2.24, 2.45) is 23.7 Å². The van der Waals surface area contributed by atoms with Gasteiger partial charge in [0.1, 0.15) is 18.5 Å². The van der Waals surface area contributed by atoms with Crippen LogP contribution in [-0.2, 0) is 12.0 Å². The molecule has 3 aromatic carbocycles. The highest BCUT2D eigenvalue weighted by Crippen LogP contribution is 2.63. The van der Waals surface area contributed by atoms with Gasteiger partial charge in [-0.05, 0) is 78.5 Å². The maximum absolute atomic E-state index is 11.1. The van der Waals surface area contributed by atoms with Crippen LogP contribution in [0.5, 0.6) is 5.75 Å². The van der Waals surface area contributed by atoms with E-state index in [-0.39, 0.29) is 5.41 Å². The van der Waals surface area contributed by atoms with E-state index in [9.17, 15) is 5.11 Å². The van der Waals surface area contributed by atoms with Gasteiger partial charge in [-0.3, -0.25) is 0 Å². The molecule has 1 N–H and O–H groups in total. The van der Waals surface area contributed by atoms with Gasteiger partial charge in [0.25, 0.3) is 0 Å². The highest BCUT2D eigenvalue weighted by Gasteiger charge is 2.56. The van der Waals surface area contributed by atoms with Crippen molar-refractivity contribution in [2.45, 2.75) is 57.2 Å². The number of hydrogen-bond acceptors (Lipinski definition) is 2. The van der Waals surface area contributed by atoms with E-state index in [1.54, 1.807) is 0 Å². The molecule has 2 heteroatoms. The van der Waals surface area contributed by atoms with Gasteiger partial charge in [0.05, 0.1) is 0 Å². The molecular formula is C31H34O2. The van der Waals surface area contributed by atoms with Gasteiger partial charge in [0.15, 0.2) is 0 Å². The van der Waals surface area contributed by atoms with Crippen molar-refractivity contribution < 1.29 is 9.84 Å². The molecule has 3 aromatic rings. The van der Waals surface area contributed by atoms with E-state index in [4.69, 9.17) is 4.74 Å². The van der Waals surface area contributed by atoms with Gasteiger partial charge in [-0.1, -0.05) is 79.7 Å². The summed E-state index contributed by atoms with van der Waals surface area (Å²) in [6.45, 7) is 3.06. The predicted octanol–water partition coefficient (Wildman–Crippen LogP) is 7.06. The Morgan fingerprint density at radius 3 is 2.03 bits per heavy atom. The summed E-state index contributed by atoms with van der Waals surface area (Å²) < 4.78 is 6.56. The average Bonchev–Trinajstić information content (AvgIpc) is 2.86. The molecule has 4 aliphatic carbocycles. The van der Waals surface area contributed by atoms with Crippen LogP contribution in [0.15, 0.2) is 78.9 Å². The monoisotopic (exact) mass is 438 g/mol. The van der Waals surface area contributed by atoms with Gasteiger partial charge in [0, 0.05) is 11.0 Å². The minimum atomic E-state index is -0.648. The summed E-state index contributed by atoms with van der Waals surface area (Å²) in [5.41, 5.74) is 4.51. The summed E-state index contributed by atoms with van der Waals surface area (Å²) >= 11 is 0. The summed E-state index contributed by atoms with van der Waals surface area (Å²) in [5, 5.41) is 11.1. The fourth-order valence-corrected chi connectivity index (χ4v) is 7.44. The van der Waals surface area contributed by atoms with Crippen LogP contribution in [0.3, 0.4) is 0 Å².